The molecule has 1 N–H and O–H groups in total. The minimum absolute atomic E-state index is 0.00313. The molecule has 174 valence electrons. The Morgan fingerprint density at radius 2 is 1.77 bits per heavy atom. The summed E-state index contributed by atoms with van der Waals surface area (Å²) in [5, 5.41) is 13.7. The van der Waals surface area contributed by atoms with Gasteiger partial charge in [0.05, 0.1) is 12.1 Å². The smallest absolute Gasteiger partial charge is 0.306 e. The summed E-state index contributed by atoms with van der Waals surface area (Å²) in [6.07, 6.45) is 6.16. The van der Waals surface area contributed by atoms with Crippen molar-refractivity contribution in [3.05, 3.63) is 17.0 Å². The number of hydrogen-bond donors (Lipinski definition) is 1. The average molecular weight is 434 g/mol. The van der Waals surface area contributed by atoms with Crippen molar-refractivity contribution >= 4 is 11.9 Å². The zero-order valence-electron chi connectivity index (χ0n) is 20.0. The molecule has 0 amide bonds. The maximum absolute atomic E-state index is 12.5. The van der Waals surface area contributed by atoms with Crippen LogP contribution in [0, 0.1) is 11.3 Å². The Morgan fingerprint density at radius 3 is 2.29 bits per heavy atom. The predicted molar refractivity (Wildman–Crippen MR) is 118 cm³/mol. The molecule has 6 heteroatoms. The second kappa shape index (κ2) is 8.95. The Bertz CT molecular complexity index is 788. The molecule has 31 heavy (non-hydrogen) atoms. The molecule has 0 spiro atoms. The molecule has 0 aromatic carbocycles. The normalized spacial score (nSPS) is 22.6. The number of carboxylic acid groups (broad SMARTS) is 1. The van der Waals surface area contributed by atoms with Gasteiger partial charge in [-0.25, -0.2) is 0 Å². The van der Waals surface area contributed by atoms with E-state index in [1.165, 1.54) is 6.42 Å². The lowest BCUT2D eigenvalue weighted by atomic mass is 9.66. The average Bonchev–Trinajstić information content (AvgIpc) is 3.31. The van der Waals surface area contributed by atoms with Crippen molar-refractivity contribution in [1.29, 1.82) is 0 Å². The largest absolute Gasteiger partial charge is 0.481 e. The maximum atomic E-state index is 12.5. The zero-order chi connectivity index (χ0) is 23.0. The SMILES string of the molecule is CC(C)(C)CC1CC(c2onc([C@@H](CCC(=O)O)CC(=O)OC(C)(C)C)c2C2CC2)C1. The minimum atomic E-state index is -0.866. The summed E-state index contributed by atoms with van der Waals surface area (Å²) in [5.74, 6) is 1.07. The van der Waals surface area contributed by atoms with Gasteiger partial charge in [-0.05, 0) is 76.5 Å². The molecule has 1 heterocycles. The molecular formula is C25H39NO5. The van der Waals surface area contributed by atoms with Crippen LogP contribution in [0.15, 0.2) is 4.52 Å². The number of carbonyl (C=O) groups is 2. The molecule has 1 aromatic heterocycles. The highest BCUT2D eigenvalue weighted by atomic mass is 16.6. The highest BCUT2D eigenvalue weighted by Gasteiger charge is 2.42. The molecule has 2 aliphatic rings. The molecular weight excluding hydrogens is 394 g/mol. The first-order valence-corrected chi connectivity index (χ1v) is 11.8. The number of rotatable bonds is 9. The lowest BCUT2D eigenvalue weighted by Crippen LogP contribution is -2.26. The van der Waals surface area contributed by atoms with E-state index in [0.29, 0.717) is 23.7 Å². The molecule has 0 saturated heterocycles. The number of carboxylic acids is 1. The van der Waals surface area contributed by atoms with Crippen LogP contribution in [0.1, 0.15) is 128 Å². The lowest BCUT2D eigenvalue weighted by Gasteiger charge is -2.38. The van der Waals surface area contributed by atoms with E-state index in [2.05, 4.69) is 25.9 Å². The van der Waals surface area contributed by atoms with Crippen molar-refractivity contribution < 1.29 is 24.0 Å². The van der Waals surface area contributed by atoms with E-state index >= 15 is 0 Å². The van der Waals surface area contributed by atoms with Crippen molar-refractivity contribution in [1.82, 2.24) is 5.16 Å². The fourth-order valence-corrected chi connectivity index (χ4v) is 4.89. The maximum Gasteiger partial charge on any atom is 0.306 e. The third-order valence-corrected chi connectivity index (χ3v) is 6.20. The van der Waals surface area contributed by atoms with Crippen LogP contribution in [0.25, 0.3) is 0 Å². The first kappa shape index (κ1) is 23.8. The van der Waals surface area contributed by atoms with E-state index in [1.807, 2.05) is 20.8 Å². The Hall–Kier alpha value is -1.85. The van der Waals surface area contributed by atoms with Gasteiger partial charge >= 0.3 is 11.9 Å². The zero-order valence-corrected chi connectivity index (χ0v) is 20.0. The molecule has 3 rings (SSSR count). The second-order valence-corrected chi connectivity index (χ2v) is 11.8. The first-order valence-electron chi connectivity index (χ1n) is 11.8. The van der Waals surface area contributed by atoms with Gasteiger partial charge in [-0.2, -0.15) is 0 Å². The van der Waals surface area contributed by atoms with Gasteiger partial charge in [-0.3, -0.25) is 9.59 Å². The summed E-state index contributed by atoms with van der Waals surface area (Å²) in [7, 11) is 0. The molecule has 0 radical (unpaired) electrons. The fraction of sp³-hybridized carbons (Fsp3) is 0.800. The summed E-state index contributed by atoms with van der Waals surface area (Å²) >= 11 is 0. The van der Waals surface area contributed by atoms with Crippen LogP contribution in [0.2, 0.25) is 0 Å². The molecule has 2 saturated carbocycles. The topological polar surface area (TPSA) is 89.6 Å². The van der Waals surface area contributed by atoms with Crippen molar-refractivity contribution in [3.8, 4) is 0 Å². The van der Waals surface area contributed by atoms with E-state index in [4.69, 9.17) is 9.26 Å². The van der Waals surface area contributed by atoms with Gasteiger partial charge in [0, 0.05) is 23.8 Å². The van der Waals surface area contributed by atoms with E-state index in [9.17, 15) is 14.7 Å². The third kappa shape index (κ3) is 6.81. The molecule has 6 nitrogen and oxygen atoms in total. The molecule has 1 atom stereocenters. The second-order valence-electron chi connectivity index (χ2n) is 11.8. The number of aliphatic carboxylic acids is 1. The standard InChI is InChI=1S/C25H39NO5/c1-24(2,3)14-15-11-18(12-15)23-21(16-7-8-16)22(26-31-23)17(9-10-19(27)28)13-20(29)30-25(4,5)6/h15-18H,7-14H2,1-6H3,(H,27,28)/t15?,17-,18?/m0/s1. The van der Waals surface area contributed by atoms with Crippen LogP contribution in [0.5, 0.6) is 0 Å². The van der Waals surface area contributed by atoms with Crippen LogP contribution in [0.4, 0.5) is 0 Å². The highest BCUT2D eigenvalue weighted by molar-refractivity contribution is 5.71. The Kier molecular flexibility index (Phi) is 6.87. The number of carbonyl (C=O) groups excluding carboxylic acids is 1. The van der Waals surface area contributed by atoms with Crippen molar-refractivity contribution in [2.45, 2.75) is 116 Å². The van der Waals surface area contributed by atoms with Gasteiger partial charge < -0.3 is 14.4 Å². The molecule has 0 bridgehead atoms. The van der Waals surface area contributed by atoms with Crippen LogP contribution in [-0.4, -0.2) is 27.8 Å². The summed E-state index contributed by atoms with van der Waals surface area (Å²) < 4.78 is 11.4. The Balaban J connectivity index is 1.78. The van der Waals surface area contributed by atoms with E-state index < -0.39 is 11.6 Å². The van der Waals surface area contributed by atoms with E-state index in [1.54, 1.807) is 0 Å². The van der Waals surface area contributed by atoms with E-state index in [-0.39, 0.29) is 24.7 Å². The number of nitrogens with zero attached hydrogens (tertiary/aromatic N) is 1. The van der Waals surface area contributed by atoms with Crippen molar-refractivity contribution in [3.63, 3.8) is 0 Å². The minimum Gasteiger partial charge on any atom is -0.481 e. The number of esters is 1. The van der Waals surface area contributed by atoms with Gasteiger partial charge in [0.1, 0.15) is 11.4 Å². The molecule has 1 aromatic rings. The first-order chi connectivity index (χ1) is 14.3. The Morgan fingerprint density at radius 1 is 1.13 bits per heavy atom. The van der Waals surface area contributed by atoms with Crippen LogP contribution in [-0.2, 0) is 14.3 Å². The number of hydrogen-bond acceptors (Lipinski definition) is 5. The fourth-order valence-electron chi connectivity index (χ4n) is 4.89. The van der Waals surface area contributed by atoms with Gasteiger partial charge in [0.2, 0.25) is 0 Å². The molecule has 0 aliphatic heterocycles. The van der Waals surface area contributed by atoms with Crippen LogP contribution >= 0.6 is 0 Å². The predicted octanol–water partition coefficient (Wildman–Crippen LogP) is 6.16. The quantitative estimate of drug-likeness (QED) is 0.469. The highest BCUT2D eigenvalue weighted by Crippen LogP contribution is 2.53. The van der Waals surface area contributed by atoms with E-state index in [0.717, 1.165) is 48.6 Å². The molecule has 0 unspecified atom stereocenters. The summed E-state index contributed by atoms with van der Waals surface area (Å²) in [4.78, 5) is 23.8. The number of aromatic nitrogens is 1. The van der Waals surface area contributed by atoms with Crippen LogP contribution in [0.3, 0.4) is 0 Å². The van der Waals surface area contributed by atoms with Gasteiger partial charge in [0.15, 0.2) is 0 Å². The third-order valence-electron chi connectivity index (χ3n) is 6.20. The van der Waals surface area contributed by atoms with Gasteiger partial charge in [-0.15, -0.1) is 0 Å². The molecule has 2 aliphatic carbocycles. The van der Waals surface area contributed by atoms with Crippen molar-refractivity contribution in [2.24, 2.45) is 11.3 Å². The summed E-state index contributed by atoms with van der Waals surface area (Å²) in [6.45, 7) is 12.4. The van der Waals surface area contributed by atoms with Gasteiger partial charge in [0.25, 0.3) is 0 Å². The van der Waals surface area contributed by atoms with Crippen LogP contribution < -0.4 is 0 Å². The lowest BCUT2D eigenvalue weighted by molar-refractivity contribution is -0.155. The molecule has 2 fully saturated rings. The Labute approximate surface area is 186 Å². The van der Waals surface area contributed by atoms with Crippen molar-refractivity contribution in [2.75, 3.05) is 0 Å². The monoisotopic (exact) mass is 433 g/mol. The summed E-state index contributed by atoms with van der Waals surface area (Å²) in [6, 6.07) is 0. The van der Waals surface area contributed by atoms with Gasteiger partial charge in [-0.1, -0.05) is 25.9 Å². The number of ether oxygens (including phenoxy) is 1. The summed E-state index contributed by atoms with van der Waals surface area (Å²) in [5.41, 5.74) is 1.72.